The van der Waals surface area contributed by atoms with Gasteiger partial charge < -0.3 is 10.4 Å². The van der Waals surface area contributed by atoms with Crippen LogP contribution in [0.2, 0.25) is 0 Å². The topological polar surface area (TPSA) is 49.3 Å². The molecule has 21 heavy (non-hydrogen) atoms. The van der Waals surface area contributed by atoms with Gasteiger partial charge in [0.2, 0.25) is 5.91 Å². The maximum Gasteiger partial charge on any atom is 0.220 e. The van der Waals surface area contributed by atoms with Crippen molar-refractivity contribution in [3.05, 3.63) is 12.2 Å². The van der Waals surface area contributed by atoms with Crippen LogP contribution in [0.15, 0.2) is 12.2 Å². The summed E-state index contributed by atoms with van der Waals surface area (Å²) in [6, 6.07) is 0. The van der Waals surface area contributed by atoms with Crippen LogP contribution in [0.4, 0.5) is 0 Å². The molecule has 0 bridgehead atoms. The zero-order valence-corrected chi connectivity index (χ0v) is 13.9. The van der Waals surface area contributed by atoms with Crippen molar-refractivity contribution in [3.8, 4) is 0 Å². The second kappa shape index (κ2) is 17.2. The SMILES string of the molecule is CCCCCCC=CCCCCCCCC(=O)NCCO. The molecule has 1 amide bonds. The summed E-state index contributed by atoms with van der Waals surface area (Å²) < 4.78 is 0. The van der Waals surface area contributed by atoms with E-state index in [9.17, 15) is 4.79 Å². The molecule has 0 heterocycles. The molecule has 0 saturated heterocycles. The van der Waals surface area contributed by atoms with Gasteiger partial charge in [0.1, 0.15) is 0 Å². The fourth-order valence-corrected chi connectivity index (χ4v) is 2.29. The maximum atomic E-state index is 11.3. The Morgan fingerprint density at radius 2 is 1.48 bits per heavy atom. The van der Waals surface area contributed by atoms with E-state index in [4.69, 9.17) is 5.11 Å². The van der Waals surface area contributed by atoms with Crippen LogP contribution in [0.5, 0.6) is 0 Å². The summed E-state index contributed by atoms with van der Waals surface area (Å²) in [6.45, 7) is 2.65. The molecule has 2 N–H and O–H groups in total. The number of carbonyl (C=O) groups is 1. The molecule has 3 nitrogen and oxygen atoms in total. The van der Waals surface area contributed by atoms with Gasteiger partial charge in [-0.3, -0.25) is 4.79 Å². The summed E-state index contributed by atoms with van der Waals surface area (Å²) in [7, 11) is 0. The van der Waals surface area contributed by atoms with E-state index in [-0.39, 0.29) is 12.5 Å². The Bertz CT molecular complexity index is 252. The third-order valence-corrected chi connectivity index (χ3v) is 3.60. The Balaban J connectivity index is 3.15. The van der Waals surface area contributed by atoms with E-state index in [2.05, 4.69) is 24.4 Å². The van der Waals surface area contributed by atoms with Gasteiger partial charge in [0.15, 0.2) is 0 Å². The molecule has 0 aromatic rings. The van der Waals surface area contributed by atoms with Gasteiger partial charge >= 0.3 is 0 Å². The molecule has 0 aliphatic heterocycles. The molecule has 0 saturated carbocycles. The van der Waals surface area contributed by atoms with Crippen LogP contribution in [0.1, 0.15) is 84.0 Å². The van der Waals surface area contributed by atoms with Gasteiger partial charge in [0.25, 0.3) is 0 Å². The number of allylic oxidation sites excluding steroid dienone is 2. The number of aliphatic hydroxyl groups is 1. The molecule has 3 heteroatoms. The highest BCUT2D eigenvalue weighted by Gasteiger charge is 1.99. The summed E-state index contributed by atoms with van der Waals surface area (Å²) in [5.74, 6) is 0.0649. The highest BCUT2D eigenvalue weighted by molar-refractivity contribution is 5.75. The Labute approximate surface area is 131 Å². The van der Waals surface area contributed by atoms with E-state index in [1.807, 2.05) is 0 Å². The minimum Gasteiger partial charge on any atom is -0.395 e. The fourth-order valence-electron chi connectivity index (χ4n) is 2.29. The third kappa shape index (κ3) is 17.1. The number of amides is 1. The second-order valence-corrected chi connectivity index (χ2v) is 5.70. The lowest BCUT2D eigenvalue weighted by atomic mass is 10.1. The van der Waals surface area contributed by atoms with Crippen molar-refractivity contribution in [2.24, 2.45) is 0 Å². The smallest absolute Gasteiger partial charge is 0.220 e. The van der Waals surface area contributed by atoms with Crippen molar-refractivity contribution in [3.63, 3.8) is 0 Å². The normalized spacial score (nSPS) is 11.1. The molecule has 0 fully saturated rings. The van der Waals surface area contributed by atoms with Gasteiger partial charge in [0, 0.05) is 13.0 Å². The molecule has 0 unspecified atom stereocenters. The Hall–Kier alpha value is -0.830. The van der Waals surface area contributed by atoms with Gasteiger partial charge in [-0.1, -0.05) is 57.6 Å². The highest BCUT2D eigenvalue weighted by Crippen LogP contribution is 2.08. The fraction of sp³-hybridized carbons (Fsp3) is 0.833. The van der Waals surface area contributed by atoms with E-state index in [1.165, 1.54) is 57.8 Å². The van der Waals surface area contributed by atoms with Crippen molar-refractivity contribution in [1.82, 2.24) is 5.32 Å². The lowest BCUT2D eigenvalue weighted by Gasteiger charge is -2.03. The monoisotopic (exact) mass is 297 g/mol. The number of unbranched alkanes of at least 4 members (excludes halogenated alkanes) is 9. The van der Waals surface area contributed by atoms with Crippen molar-refractivity contribution in [2.75, 3.05) is 13.2 Å². The first-order valence-corrected chi connectivity index (χ1v) is 8.83. The quantitative estimate of drug-likeness (QED) is 0.349. The molecular weight excluding hydrogens is 262 g/mol. The predicted molar refractivity (Wildman–Crippen MR) is 90.3 cm³/mol. The molecule has 0 aliphatic carbocycles. The second-order valence-electron chi connectivity index (χ2n) is 5.70. The Morgan fingerprint density at radius 3 is 2.10 bits per heavy atom. The largest absolute Gasteiger partial charge is 0.395 e. The molecule has 0 rings (SSSR count). The number of hydrogen-bond acceptors (Lipinski definition) is 2. The van der Waals surface area contributed by atoms with Crippen molar-refractivity contribution in [2.45, 2.75) is 84.0 Å². The Kier molecular flexibility index (Phi) is 16.5. The standard InChI is InChI=1S/C18H35NO2/c1-2-3-4-5-6-7-8-9-10-11-12-13-14-15-18(21)19-16-17-20/h7-8,20H,2-6,9-17H2,1H3,(H,19,21). The number of rotatable bonds is 15. The average Bonchev–Trinajstić information content (AvgIpc) is 2.49. The first-order chi connectivity index (χ1) is 10.3. The van der Waals surface area contributed by atoms with Gasteiger partial charge in [-0.15, -0.1) is 0 Å². The van der Waals surface area contributed by atoms with Gasteiger partial charge in [-0.2, -0.15) is 0 Å². The van der Waals surface area contributed by atoms with Crippen LogP contribution in [0.25, 0.3) is 0 Å². The van der Waals surface area contributed by atoms with Gasteiger partial charge in [-0.05, 0) is 32.1 Å². The molecule has 0 aromatic carbocycles. The van der Waals surface area contributed by atoms with E-state index in [0.717, 1.165) is 12.8 Å². The first kappa shape index (κ1) is 20.2. The predicted octanol–water partition coefficient (Wildman–Crippen LogP) is 4.35. The van der Waals surface area contributed by atoms with Crippen molar-refractivity contribution in [1.29, 1.82) is 0 Å². The highest BCUT2D eigenvalue weighted by atomic mass is 16.3. The lowest BCUT2D eigenvalue weighted by Crippen LogP contribution is -2.25. The average molecular weight is 297 g/mol. The van der Waals surface area contributed by atoms with E-state index in [0.29, 0.717) is 13.0 Å². The molecule has 0 spiro atoms. The first-order valence-electron chi connectivity index (χ1n) is 8.83. The zero-order chi connectivity index (χ0) is 15.6. The molecule has 124 valence electrons. The van der Waals surface area contributed by atoms with Crippen LogP contribution in [0, 0.1) is 0 Å². The third-order valence-electron chi connectivity index (χ3n) is 3.60. The van der Waals surface area contributed by atoms with E-state index < -0.39 is 0 Å². The summed E-state index contributed by atoms with van der Waals surface area (Å²) >= 11 is 0. The Morgan fingerprint density at radius 1 is 0.905 bits per heavy atom. The van der Waals surface area contributed by atoms with Crippen molar-refractivity contribution >= 4 is 5.91 Å². The lowest BCUT2D eigenvalue weighted by molar-refractivity contribution is -0.121. The summed E-state index contributed by atoms with van der Waals surface area (Å²) in [6.07, 6.45) is 18.9. The van der Waals surface area contributed by atoms with Crippen molar-refractivity contribution < 1.29 is 9.90 Å². The van der Waals surface area contributed by atoms with Gasteiger partial charge in [-0.25, -0.2) is 0 Å². The number of hydrogen-bond donors (Lipinski definition) is 2. The van der Waals surface area contributed by atoms with Crippen LogP contribution < -0.4 is 5.32 Å². The summed E-state index contributed by atoms with van der Waals surface area (Å²) in [5, 5.41) is 11.3. The van der Waals surface area contributed by atoms with Gasteiger partial charge in [0.05, 0.1) is 6.61 Å². The summed E-state index contributed by atoms with van der Waals surface area (Å²) in [5.41, 5.74) is 0. The van der Waals surface area contributed by atoms with Crippen LogP contribution >= 0.6 is 0 Å². The number of carbonyl (C=O) groups excluding carboxylic acids is 1. The van der Waals surface area contributed by atoms with E-state index in [1.54, 1.807) is 0 Å². The number of nitrogens with one attached hydrogen (secondary N) is 1. The molecule has 0 atom stereocenters. The molecule has 0 aliphatic rings. The van der Waals surface area contributed by atoms with E-state index >= 15 is 0 Å². The molecule has 0 aromatic heterocycles. The zero-order valence-electron chi connectivity index (χ0n) is 13.9. The number of aliphatic hydroxyl groups excluding tert-OH is 1. The minimum atomic E-state index is 0.0257. The maximum absolute atomic E-state index is 11.3. The van der Waals surface area contributed by atoms with Crippen LogP contribution in [0.3, 0.4) is 0 Å². The van der Waals surface area contributed by atoms with Crippen LogP contribution in [-0.4, -0.2) is 24.2 Å². The minimum absolute atomic E-state index is 0.0257. The summed E-state index contributed by atoms with van der Waals surface area (Å²) in [4.78, 5) is 11.3. The van der Waals surface area contributed by atoms with Crippen LogP contribution in [-0.2, 0) is 4.79 Å². The molecular formula is C18H35NO2. The molecule has 0 radical (unpaired) electrons.